The van der Waals surface area contributed by atoms with Gasteiger partial charge >= 0.3 is 5.97 Å². The molecule has 1 heterocycles. The zero-order chi connectivity index (χ0) is 15.4. The zero-order valence-corrected chi connectivity index (χ0v) is 13.1. The van der Waals surface area contributed by atoms with Crippen LogP contribution >= 0.6 is 23.4 Å². The second-order valence-corrected chi connectivity index (χ2v) is 6.23. The number of ether oxygens (including phenoxy) is 1. The lowest BCUT2D eigenvalue weighted by atomic mass is 10.1. The van der Waals surface area contributed by atoms with Gasteiger partial charge in [0, 0.05) is 23.6 Å². The number of aliphatic carboxylic acids is 1. The van der Waals surface area contributed by atoms with Crippen LogP contribution in [0.1, 0.15) is 16.8 Å². The number of carboxylic acids is 1. The number of methoxy groups -OCH3 is 1. The molecule has 0 saturated carbocycles. The molecule has 1 fully saturated rings. The fraction of sp³-hybridized carbons (Fsp3) is 0.429. The Kier molecular flexibility index (Phi) is 5.36. The Morgan fingerprint density at radius 2 is 2.29 bits per heavy atom. The van der Waals surface area contributed by atoms with Crippen molar-refractivity contribution in [2.45, 2.75) is 12.5 Å². The van der Waals surface area contributed by atoms with Gasteiger partial charge < -0.3 is 14.7 Å². The van der Waals surface area contributed by atoms with E-state index in [0.29, 0.717) is 28.6 Å². The van der Waals surface area contributed by atoms with E-state index in [-0.39, 0.29) is 18.4 Å². The largest absolute Gasteiger partial charge is 0.495 e. The first kappa shape index (κ1) is 16.0. The summed E-state index contributed by atoms with van der Waals surface area (Å²) >= 11 is 7.62. The van der Waals surface area contributed by atoms with Crippen molar-refractivity contribution < 1.29 is 19.4 Å². The molecule has 1 unspecified atom stereocenters. The third-order valence-corrected chi connectivity index (χ3v) is 4.70. The lowest BCUT2D eigenvalue weighted by Crippen LogP contribution is -2.47. The molecule has 2 rings (SSSR count). The van der Waals surface area contributed by atoms with Crippen LogP contribution in [-0.4, -0.2) is 53.1 Å². The number of carboxylic acid groups (broad SMARTS) is 1. The number of amides is 1. The molecule has 1 amide bonds. The summed E-state index contributed by atoms with van der Waals surface area (Å²) in [6.07, 6.45) is -0.0382. The lowest BCUT2D eigenvalue weighted by molar-refractivity contribution is -0.138. The molecule has 21 heavy (non-hydrogen) atoms. The molecular weight excluding hydrogens is 314 g/mol. The highest BCUT2D eigenvalue weighted by Crippen LogP contribution is 2.27. The van der Waals surface area contributed by atoms with Crippen molar-refractivity contribution in [2.75, 3.05) is 25.2 Å². The van der Waals surface area contributed by atoms with E-state index in [9.17, 15) is 9.59 Å². The highest BCUT2D eigenvalue weighted by molar-refractivity contribution is 7.99. The molecule has 1 aromatic rings. The number of halogens is 1. The number of hydrogen-bond acceptors (Lipinski definition) is 4. The third kappa shape index (κ3) is 3.83. The normalized spacial score (nSPS) is 18.4. The van der Waals surface area contributed by atoms with Gasteiger partial charge in [0.25, 0.3) is 5.91 Å². The molecule has 1 N–H and O–H groups in total. The Morgan fingerprint density at radius 3 is 2.95 bits per heavy atom. The first-order valence-electron chi connectivity index (χ1n) is 6.47. The molecule has 1 aliphatic rings. The predicted molar refractivity (Wildman–Crippen MR) is 82.4 cm³/mol. The van der Waals surface area contributed by atoms with Gasteiger partial charge in [-0.05, 0) is 18.2 Å². The maximum atomic E-state index is 12.6. The summed E-state index contributed by atoms with van der Waals surface area (Å²) in [5.74, 6) is 0.809. The molecule has 0 bridgehead atoms. The average Bonchev–Trinajstić information content (AvgIpc) is 2.47. The van der Waals surface area contributed by atoms with Crippen LogP contribution in [0, 0.1) is 0 Å². The summed E-state index contributed by atoms with van der Waals surface area (Å²) in [7, 11) is 1.49. The van der Waals surface area contributed by atoms with Gasteiger partial charge in [0.1, 0.15) is 5.75 Å². The van der Waals surface area contributed by atoms with E-state index in [1.807, 2.05) is 0 Å². The van der Waals surface area contributed by atoms with Crippen LogP contribution in [0.15, 0.2) is 18.2 Å². The van der Waals surface area contributed by atoms with Crippen LogP contribution in [0.4, 0.5) is 0 Å². The minimum atomic E-state index is -0.894. The number of benzene rings is 1. The molecule has 0 radical (unpaired) electrons. The summed E-state index contributed by atoms with van der Waals surface area (Å²) < 4.78 is 5.11. The number of hydrogen-bond donors (Lipinski definition) is 1. The molecule has 114 valence electrons. The Labute approximate surface area is 132 Å². The quantitative estimate of drug-likeness (QED) is 0.918. The van der Waals surface area contributed by atoms with Crippen molar-refractivity contribution in [3.63, 3.8) is 0 Å². The number of carbonyl (C=O) groups excluding carboxylic acids is 1. The summed E-state index contributed by atoms with van der Waals surface area (Å²) in [5, 5.41) is 9.41. The maximum Gasteiger partial charge on any atom is 0.305 e. The van der Waals surface area contributed by atoms with Gasteiger partial charge in [0.05, 0.1) is 24.6 Å². The van der Waals surface area contributed by atoms with Crippen molar-refractivity contribution in [3.8, 4) is 5.75 Å². The van der Waals surface area contributed by atoms with Crippen LogP contribution in [0.2, 0.25) is 5.02 Å². The fourth-order valence-electron chi connectivity index (χ4n) is 2.25. The van der Waals surface area contributed by atoms with Gasteiger partial charge in [-0.15, -0.1) is 0 Å². The molecule has 1 aromatic carbocycles. The zero-order valence-electron chi connectivity index (χ0n) is 11.5. The SMILES string of the molecule is COc1cc(C(=O)N2CCSCC2CC(=O)O)ccc1Cl. The molecule has 7 heteroatoms. The maximum absolute atomic E-state index is 12.6. The van der Waals surface area contributed by atoms with Gasteiger partial charge in [-0.2, -0.15) is 11.8 Å². The highest BCUT2D eigenvalue weighted by atomic mass is 35.5. The molecule has 0 aromatic heterocycles. The van der Waals surface area contributed by atoms with E-state index in [1.165, 1.54) is 7.11 Å². The van der Waals surface area contributed by atoms with Gasteiger partial charge in [0.15, 0.2) is 0 Å². The minimum Gasteiger partial charge on any atom is -0.495 e. The standard InChI is InChI=1S/C14H16ClNO4S/c1-20-12-6-9(2-3-11(12)15)14(19)16-4-5-21-8-10(16)7-13(17)18/h2-3,6,10H,4-5,7-8H2,1H3,(H,17,18). The van der Waals surface area contributed by atoms with E-state index >= 15 is 0 Å². The van der Waals surface area contributed by atoms with Crippen LogP contribution in [0.25, 0.3) is 0 Å². The summed E-state index contributed by atoms with van der Waals surface area (Å²) in [4.78, 5) is 25.2. The Hall–Kier alpha value is -1.40. The Morgan fingerprint density at radius 1 is 1.52 bits per heavy atom. The topological polar surface area (TPSA) is 66.8 Å². The third-order valence-electron chi connectivity index (χ3n) is 3.30. The van der Waals surface area contributed by atoms with Crippen LogP contribution in [0.5, 0.6) is 5.75 Å². The first-order chi connectivity index (χ1) is 10.0. The smallest absolute Gasteiger partial charge is 0.305 e. The number of rotatable bonds is 4. The summed E-state index contributed by atoms with van der Waals surface area (Å²) in [6.45, 7) is 0.548. The molecular formula is C14H16ClNO4S. The number of nitrogens with zero attached hydrogens (tertiary/aromatic N) is 1. The van der Waals surface area contributed by atoms with Crippen molar-refractivity contribution >= 4 is 35.2 Å². The minimum absolute atomic E-state index is 0.0382. The van der Waals surface area contributed by atoms with Gasteiger partial charge in [0.2, 0.25) is 0 Å². The van der Waals surface area contributed by atoms with Crippen LogP contribution < -0.4 is 4.74 Å². The number of carbonyl (C=O) groups is 2. The van der Waals surface area contributed by atoms with E-state index in [1.54, 1.807) is 34.9 Å². The van der Waals surface area contributed by atoms with E-state index in [2.05, 4.69) is 0 Å². The fourth-order valence-corrected chi connectivity index (χ4v) is 3.51. The lowest BCUT2D eigenvalue weighted by Gasteiger charge is -2.34. The first-order valence-corrected chi connectivity index (χ1v) is 8.00. The van der Waals surface area contributed by atoms with E-state index in [0.717, 1.165) is 5.75 Å². The second-order valence-electron chi connectivity index (χ2n) is 4.67. The van der Waals surface area contributed by atoms with Crippen molar-refractivity contribution in [3.05, 3.63) is 28.8 Å². The molecule has 1 saturated heterocycles. The number of thioether (sulfide) groups is 1. The summed E-state index contributed by atoms with van der Waals surface area (Å²) in [5.41, 5.74) is 0.457. The molecule has 1 aliphatic heterocycles. The van der Waals surface area contributed by atoms with Gasteiger partial charge in [-0.25, -0.2) is 0 Å². The molecule has 1 atom stereocenters. The van der Waals surface area contributed by atoms with E-state index < -0.39 is 5.97 Å². The molecule has 0 aliphatic carbocycles. The Bertz CT molecular complexity index is 552. The van der Waals surface area contributed by atoms with Crippen molar-refractivity contribution in [2.24, 2.45) is 0 Å². The average molecular weight is 330 g/mol. The Balaban J connectivity index is 2.22. The highest BCUT2D eigenvalue weighted by Gasteiger charge is 2.29. The van der Waals surface area contributed by atoms with Crippen molar-refractivity contribution in [1.29, 1.82) is 0 Å². The summed E-state index contributed by atoms with van der Waals surface area (Å²) in [6, 6.07) is 4.55. The van der Waals surface area contributed by atoms with Gasteiger partial charge in [-0.1, -0.05) is 11.6 Å². The molecule has 0 spiro atoms. The monoisotopic (exact) mass is 329 g/mol. The van der Waals surface area contributed by atoms with Crippen LogP contribution in [0.3, 0.4) is 0 Å². The molecule has 5 nitrogen and oxygen atoms in total. The van der Waals surface area contributed by atoms with E-state index in [4.69, 9.17) is 21.4 Å². The predicted octanol–water partition coefficient (Wildman–Crippen LogP) is 2.38. The van der Waals surface area contributed by atoms with Crippen LogP contribution in [-0.2, 0) is 4.79 Å². The van der Waals surface area contributed by atoms with Crippen molar-refractivity contribution in [1.82, 2.24) is 4.90 Å². The second kappa shape index (κ2) is 7.04. The van der Waals surface area contributed by atoms with Gasteiger partial charge in [-0.3, -0.25) is 9.59 Å².